The molecule has 1 aliphatic carbocycles. The largest absolute Gasteiger partial charge is 0.389 e. The van der Waals surface area contributed by atoms with E-state index in [4.69, 9.17) is 0 Å². The van der Waals surface area contributed by atoms with E-state index in [1.54, 1.807) is 0 Å². The van der Waals surface area contributed by atoms with Gasteiger partial charge in [-0.1, -0.05) is 85.3 Å². The number of aliphatic hydroxyl groups is 1. The zero-order valence-electron chi connectivity index (χ0n) is 15.5. The Morgan fingerprint density at radius 1 is 1.13 bits per heavy atom. The lowest BCUT2D eigenvalue weighted by Crippen LogP contribution is -2.32. The van der Waals surface area contributed by atoms with Gasteiger partial charge in [0.1, 0.15) is 0 Å². The lowest BCUT2D eigenvalue weighted by molar-refractivity contribution is 0.117. The van der Waals surface area contributed by atoms with E-state index in [1.165, 1.54) is 16.7 Å². The SMILES string of the molecule is C/C=C/C=C(C)/C=C/C=C(C)/C=C/C1C(C)=CC(O)CC1(C)C. The van der Waals surface area contributed by atoms with E-state index in [9.17, 15) is 5.11 Å². The van der Waals surface area contributed by atoms with Gasteiger partial charge in [0.15, 0.2) is 0 Å². The summed E-state index contributed by atoms with van der Waals surface area (Å²) in [4.78, 5) is 0. The van der Waals surface area contributed by atoms with Crippen LogP contribution in [0.2, 0.25) is 0 Å². The zero-order valence-corrected chi connectivity index (χ0v) is 15.5. The Kier molecular flexibility index (Phi) is 7.51. The molecule has 0 aromatic heterocycles. The van der Waals surface area contributed by atoms with E-state index in [2.05, 4.69) is 71.1 Å². The Bertz CT molecular complexity index is 565. The van der Waals surface area contributed by atoms with Crippen molar-refractivity contribution in [3.8, 4) is 0 Å². The molecule has 1 nitrogen and oxygen atoms in total. The van der Waals surface area contributed by atoms with Crippen LogP contribution in [-0.2, 0) is 0 Å². The van der Waals surface area contributed by atoms with Gasteiger partial charge in [0, 0.05) is 5.92 Å². The molecule has 0 saturated carbocycles. The molecular weight excluding hydrogens is 280 g/mol. The highest BCUT2D eigenvalue weighted by atomic mass is 16.3. The summed E-state index contributed by atoms with van der Waals surface area (Å²) in [5.41, 5.74) is 3.82. The van der Waals surface area contributed by atoms with Crippen LogP contribution < -0.4 is 0 Å². The summed E-state index contributed by atoms with van der Waals surface area (Å²) in [7, 11) is 0. The smallest absolute Gasteiger partial charge is 0.0729 e. The van der Waals surface area contributed by atoms with E-state index >= 15 is 0 Å². The first-order valence-electron chi connectivity index (χ1n) is 8.45. The van der Waals surface area contributed by atoms with Crippen molar-refractivity contribution in [3.63, 3.8) is 0 Å². The molecule has 2 atom stereocenters. The fourth-order valence-corrected chi connectivity index (χ4v) is 3.12. The third kappa shape index (κ3) is 6.58. The minimum Gasteiger partial charge on any atom is -0.389 e. The van der Waals surface area contributed by atoms with Gasteiger partial charge in [-0.3, -0.25) is 0 Å². The Hall–Kier alpha value is -1.60. The molecule has 1 N–H and O–H groups in total. The van der Waals surface area contributed by atoms with Crippen LogP contribution in [0.25, 0.3) is 0 Å². The molecule has 1 heteroatoms. The molecule has 0 bridgehead atoms. The topological polar surface area (TPSA) is 20.2 Å². The van der Waals surface area contributed by atoms with Crippen molar-refractivity contribution < 1.29 is 5.11 Å². The lowest BCUT2D eigenvalue weighted by atomic mass is 9.67. The zero-order chi connectivity index (χ0) is 17.5. The standard InChI is InChI=1S/C22H32O/c1-7-8-10-17(2)11-9-12-18(3)13-14-21-19(4)15-20(23)16-22(21,5)6/h7-15,20-21,23H,16H2,1-6H3/b8-7+,11-9+,14-13+,17-10+,18-12+. The van der Waals surface area contributed by atoms with Gasteiger partial charge >= 0.3 is 0 Å². The molecule has 0 saturated heterocycles. The number of rotatable bonds is 5. The van der Waals surface area contributed by atoms with E-state index in [-0.39, 0.29) is 11.5 Å². The summed E-state index contributed by atoms with van der Waals surface area (Å²) in [6, 6.07) is 0. The summed E-state index contributed by atoms with van der Waals surface area (Å²) in [6.45, 7) is 12.8. The maximum atomic E-state index is 9.91. The number of hydrogen-bond donors (Lipinski definition) is 1. The van der Waals surface area contributed by atoms with Crippen molar-refractivity contribution in [2.45, 2.75) is 54.1 Å². The normalized spacial score (nSPS) is 26.5. The van der Waals surface area contributed by atoms with Crippen molar-refractivity contribution in [1.29, 1.82) is 0 Å². The predicted octanol–water partition coefficient (Wildman–Crippen LogP) is 5.92. The molecule has 1 aliphatic rings. The quantitative estimate of drug-likeness (QED) is 0.493. The third-order valence-corrected chi connectivity index (χ3v) is 4.34. The van der Waals surface area contributed by atoms with Gasteiger partial charge in [0.2, 0.25) is 0 Å². The summed E-state index contributed by atoms with van der Waals surface area (Å²) in [5, 5.41) is 9.91. The second-order valence-electron chi connectivity index (χ2n) is 7.21. The summed E-state index contributed by atoms with van der Waals surface area (Å²) in [6.07, 6.45) is 19.5. The fourth-order valence-electron chi connectivity index (χ4n) is 3.12. The van der Waals surface area contributed by atoms with Gasteiger partial charge < -0.3 is 5.11 Å². The van der Waals surface area contributed by atoms with Crippen LogP contribution in [0.1, 0.15) is 48.0 Å². The first-order chi connectivity index (χ1) is 10.8. The van der Waals surface area contributed by atoms with Gasteiger partial charge in [0.05, 0.1) is 6.10 Å². The lowest BCUT2D eigenvalue weighted by Gasteiger charge is -2.38. The summed E-state index contributed by atoms with van der Waals surface area (Å²) >= 11 is 0. The second kappa shape index (κ2) is 8.88. The van der Waals surface area contributed by atoms with Crippen LogP contribution in [-0.4, -0.2) is 11.2 Å². The minimum atomic E-state index is -0.304. The molecular formula is C22H32O. The number of aliphatic hydroxyl groups excluding tert-OH is 1. The highest BCUT2D eigenvalue weighted by molar-refractivity contribution is 5.30. The van der Waals surface area contributed by atoms with Crippen molar-refractivity contribution in [3.05, 3.63) is 71.4 Å². The van der Waals surface area contributed by atoms with Crippen molar-refractivity contribution in [2.24, 2.45) is 11.3 Å². The highest BCUT2D eigenvalue weighted by Crippen LogP contribution is 2.41. The molecule has 2 unspecified atom stereocenters. The highest BCUT2D eigenvalue weighted by Gasteiger charge is 2.34. The number of allylic oxidation sites excluding steroid dienone is 11. The first-order valence-corrected chi connectivity index (χ1v) is 8.45. The van der Waals surface area contributed by atoms with E-state index in [0.29, 0.717) is 5.92 Å². The molecule has 0 radical (unpaired) electrons. The van der Waals surface area contributed by atoms with Crippen LogP contribution in [0, 0.1) is 11.3 Å². The predicted molar refractivity (Wildman–Crippen MR) is 102 cm³/mol. The van der Waals surface area contributed by atoms with Crippen LogP contribution in [0.5, 0.6) is 0 Å². The van der Waals surface area contributed by atoms with E-state index < -0.39 is 0 Å². The van der Waals surface area contributed by atoms with Crippen LogP contribution in [0.3, 0.4) is 0 Å². The van der Waals surface area contributed by atoms with Gasteiger partial charge in [-0.2, -0.15) is 0 Å². The molecule has 0 aliphatic heterocycles. The average molecular weight is 312 g/mol. The summed E-state index contributed by atoms with van der Waals surface area (Å²) < 4.78 is 0. The monoisotopic (exact) mass is 312 g/mol. The van der Waals surface area contributed by atoms with Gasteiger partial charge in [-0.05, 0) is 39.5 Å². The van der Waals surface area contributed by atoms with Crippen molar-refractivity contribution >= 4 is 0 Å². The molecule has 1 rings (SSSR count). The molecule has 0 spiro atoms. The van der Waals surface area contributed by atoms with Gasteiger partial charge in [0.25, 0.3) is 0 Å². The fraction of sp³-hybridized carbons (Fsp3) is 0.455. The minimum absolute atomic E-state index is 0.0939. The Morgan fingerprint density at radius 2 is 1.74 bits per heavy atom. The molecule has 23 heavy (non-hydrogen) atoms. The van der Waals surface area contributed by atoms with Gasteiger partial charge in [-0.15, -0.1) is 0 Å². The van der Waals surface area contributed by atoms with Crippen molar-refractivity contribution in [2.75, 3.05) is 0 Å². The third-order valence-electron chi connectivity index (χ3n) is 4.34. The van der Waals surface area contributed by atoms with Gasteiger partial charge in [-0.25, -0.2) is 0 Å². The average Bonchev–Trinajstić information content (AvgIpc) is 2.43. The molecule has 0 heterocycles. The van der Waals surface area contributed by atoms with Crippen LogP contribution >= 0.6 is 0 Å². The van der Waals surface area contributed by atoms with E-state index in [0.717, 1.165) is 6.42 Å². The van der Waals surface area contributed by atoms with Crippen LogP contribution in [0.4, 0.5) is 0 Å². The summed E-state index contributed by atoms with van der Waals surface area (Å²) in [5.74, 6) is 0.384. The Balaban J connectivity index is 2.78. The van der Waals surface area contributed by atoms with Crippen LogP contribution in [0.15, 0.2) is 71.4 Å². The number of hydrogen-bond acceptors (Lipinski definition) is 1. The maximum Gasteiger partial charge on any atom is 0.0729 e. The molecule has 0 amide bonds. The second-order valence-corrected chi connectivity index (χ2v) is 7.21. The first kappa shape index (κ1) is 19.4. The maximum absolute atomic E-state index is 9.91. The molecule has 0 fully saturated rings. The molecule has 0 aromatic rings. The van der Waals surface area contributed by atoms with Crippen molar-refractivity contribution in [1.82, 2.24) is 0 Å². The Labute approximate surface area is 142 Å². The Morgan fingerprint density at radius 3 is 2.35 bits per heavy atom. The van der Waals surface area contributed by atoms with E-state index in [1.807, 2.05) is 25.2 Å². The molecule has 0 aromatic carbocycles. The molecule has 126 valence electrons.